The van der Waals surface area contributed by atoms with E-state index in [2.05, 4.69) is 0 Å². The first-order valence-corrected chi connectivity index (χ1v) is 7.99. The molecule has 0 spiro atoms. The molecule has 0 saturated heterocycles. The average molecular weight is 318 g/mol. The van der Waals surface area contributed by atoms with E-state index in [0.29, 0.717) is 0 Å². The smallest absolute Gasteiger partial charge is 0.299 e. The summed E-state index contributed by atoms with van der Waals surface area (Å²) in [6.45, 7) is 6.70. The van der Waals surface area contributed by atoms with E-state index >= 15 is 0 Å². The minimum absolute atomic E-state index is 0.0855. The first kappa shape index (κ1) is 18.1. The number of ether oxygens (including phenoxy) is 3. The zero-order chi connectivity index (χ0) is 16.0. The van der Waals surface area contributed by atoms with Crippen molar-refractivity contribution in [1.82, 2.24) is 0 Å². The molecule has 1 aromatic carbocycles. The van der Waals surface area contributed by atoms with Crippen LogP contribution in [-0.4, -0.2) is 34.4 Å². The van der Waals surface area contributed by atoms with E-state index in [9.17, 15) is 8.42 Å². The maximum absolute atomic E-state index is 12.0. The summed E-state index contributed by atoms with van der Waals surface area (Å²) in [4.78, 5) is 0.0855. The second-order valence-corrected chi connectivity index (χ2v) is 6.15. The second-order valence-electron chi connectivity index (χ2n) is 4.57. The molecule has 0 aliphatic rings. The summed E-state index contributed by atoms with van der Waals surface area (Å²) < 4.78 is 44.6. The third kappa shape index (κ3) is 6.11. The van der Waals surface area contributed by atoms with Gasteiger partial charge in [-0.05, 0) is 39.8 Å². The molecule has 0 saturated carbocycles. The lowest BCUT2D eigenvalue weighted by Gasteiger charge is -2.21. The highest BCUT2D eigenvalue weighted by molar-refractivity contribution is 7.86. The molecule has 1 rings (SSSR count). The van der Waals surface area contributed by atoms with Crippen LogP contribution < -0.4 is 0 Å². The summed E-state index contributed by atoms with van der Waals surface area (Å²) in [5.41, 5.74) is 0.967. The summed E-state index contributed by atoms with van der Waals surface area (Å²) in [7, 11) is -2.37. The molecule has 0 aromatic heterocycles. The van der Waals surface area contributed by atoms with Crippen molar-refractivity contribution < 1.29 is 26.8 Å². The highest BCUT2D eigenvalue weighted by Crippen LogP contribution is 2.16. The Kier molecular flexibility index (Phi) is 6.76. The number of hydrogen-bond acceptors (Lipinski definition) is 6. The van der Waals surface area contributed by atoms with Gasteiger partial charge >= 0.3 is 0 Å². The van der Waals surface area contributed by atoms with E-state index in [4.69, 9.17) is 18.4 Å². The fourth-order valence-corrected chi connectivity index (χ4v) is 2.57. The molecule has 0 aliphatic heterocycles. The Bertz CT molecular complexity index is 525. The van der Waals surface area contributed by atoms with Gasteiger partial charge in [0.15, 0.2) is 18.9 Å². The first-order chi connectivity index (χ1) is 9.74. The Morgan fingerprint density at radius 2 is 1.43 bits per heavy atom. The van der Waals surface area contributed by atoms with Gasteiger partial charge in [-0.3, -0.25) is 0 Å². The van der Waals surface area contributed by atoms with Crippen molar-refractivity contribution in [3.8, 4) is 0 Å². The third-order valence-corrected chi connectivity index (χ3v) is 4.04. The van der Waals surface area contributed by atoms with Gasteiger partial charge in [0.25, 0.3) is 10.1 Å². The number of rotatable bonds is 8. The fourth-order valence-electron chi connectivity index (χ4n) is 1.59. The minimum Gasteiger partial charge on any atom is -0.356 e. The molecule has 0 amide bonds. The Hall–Kier alpha value is -0.990. The molecule has 0 aliphatic carbocycles. The van der Waals surface area contributed by atoms with Gasteiger partial charge in [0.05, 0.1) is 4.90 Å². The van der Waals surface area contributed by atoms with Crippen molar-refractivity contribution in [2.24, 2.45) is 0 Å². The quantitative estimate of drug-likeness (QED) is 0.541. The Morgan fingerprint density at radius 3 is 1.95 bits per heavy atom. The van der Waals surface area contributed by atoms with Crippen LogP contribution in [0.1, 0.15) is 26.3 Å². The van der Waals surface area contributed by atoms with Crippen molar-refractivity contribution in [2.45, 2.75) is 51.5 Å². The molecule has 6 nitrogen and oxygen atoms in total. The number of benzene rings is 1. The molecule has 0 radical (unpaired) electrons. The fraction of sp³-hybridized carbons (Fsp3) is 0.571. The predicted octanol–water partition coefficient (Wildman–Crippen LogP) is 2.42. The van der Waals surface area contributed by atoms with Gasteiger partial charge in [0.1, 0.15) is 0 Å². The molecular weight excluding hydrogens is 296 g/mol. The Labute approximate surface area is 126 Å². The summed E-state index contributed by atoms with van der Waals surface area (Å²) in [6.07, 6.45) is -2.10. The van der Waals surface area contributed by atoms with Gasteiger partial charge < -0.3 is 14.2 Å². The Balaban J connectivity index is 2.60. The van der Waals surface area contributed by atoms with Crippen LogP contribution >= 0.6 is 0 Å². The third-order valence-electron chi connectivity index (χ3n) is 2.67. The van der Waals surface area contributed by atoms with Crippen molar-refractivity contribution in [2.75, 3.05) is 7.11 Å². The predicted molar refractivity (Wildman–Crippen MR) is 77.0 cm³/mol. The maximum Gasteiger partial charge on any atom is 0.299 e. The summed E-state index contributed by atoms with van der Waals surface area (Å²) in [5.74, 6) is 0. The first-order valence-electron chi connectivity index (χ1n) is 6.58. The van der Waals surface area contributed by atoms with E-state index in [-0.39, 0.29) is 4.90 Å². The SMILES string of the molecule is COC(C)OC(C)OC(C)OS(=O)(=O)c1ccc(C)cc1. The second kappa shape index (κ2) is 7.86. The lowest BCUT2D eigenvalue weighted by atomic mass is 10.2. The van der Waals surface area contributed by atoms with Crippen molar-refractivity contribution in [3.05, 3.63) is 29.8 Å². The highest BCUT2D eigenvalue weighted by atomic mass is 32.2. The monoisotopic (exact) mass is 318 g/mol. The summed E-state index contributed by atoms with van der Waals surface area (Å²) >= 11 is 0. The Morgan fingerprint density at radius 1 is 0.905 bits per heavy atom. The largest absolute Gasteiger partial charge is 0.356 e. The zero-order valence-electron chi connectivity index (χ0n) is 12.9. The average Bonchev–Trinajstić information content (AvgIpc) is 2.37. The molecule has 0 bridgehead atoms. The lowest BCUT2D eigenvalue weighted by Crippen LogP contribution is -2.28. The topological polar surface area (TPSA) is 71.1 Å². The normalized spacial score (nSPS) is 16.4. The number of methoxy groups -OCH3 is 1. The number of aryl methyl sites for hydroxylation is 1. The molecule has 3 atom stereocenters. The van der Waals surface area contributed by atoms with E-state index in [0.717, 1.165) is 5.56 Å². The maximum atomic E-state index is 12.0. The summed E-state index contributed by atoms with van der Waals surface area (Å²) in [5, 5.41) is 0. The van der Waals surface area contributed by atoms with Crippen LogP contribution in [0.3, 0.4) is 0 Å². The highest BCUT2D eigenvalue weighted by Gasteiger charge is 2.21. The lowest BCUT2D eigenvalue weighted by molar-refractivity contribution is -0.259. The van der Waals surface area contributed by atoms with Crippen LogP contribution in [0.25, 0.3) is 0 Å². The van der Waals surface area contributed by atoms with Gasteiger partial charge in [0, 0.05) is 7.11 Å². The standard InChI is InChI=1S/C14H22O6S/c1-10-6-8-14(9-7-10)21(15,16)20-13(4)19-12(3)18-11(2)17-5/h6-9,11-13H,1-5H3. The van der Waals surface area contributed by atoms with Crippen molar-refractivity contribution in [3.63, 3.8) is 0 Å². The van der Waals surface area contributed by atoms with Gasteiger partial charge in [-0.25, -0.2) is 4.18 Å². The van der Waals surface area contributed by atoms with E-state index < -0.39 is 29.0 Å². The molecule has 120 valence electrons. The summed E-state index contributed by atoms with van der Waals surface area (Å²) in [6, 6.07) is 6.39. The molecule has 0 N–H and O–H groups in total. The molecule has 0 heterocycles. The van der Waals surface area contributed by atoms with Gasteiger partial charge in [-0.15, -0.1) is 0 Å². The molecule has 1 aromatic rings. The van der Waals surface area contributed by atoms with Crippen LogP contribution in [0.4, 0.5) is 0 Å². The van der Waals surface area contributed by atoms with E-state index in [1.807, 2.05) is 6.92 Å². The van der Waals surface area contributed by atoms with Crippen LogP contribution in [-0.2, 0) is 28.5 Å². The molecule has 3 unspecified atom stereocenters. The van der Waals surface area contributed by atoms with E-state index in [1.54, 1.807) is 26.0 Å². The van der Waals surface area contributed by atoms with Crippen LogP contribution in [0.2, 0.25) is 0 Å². The van der Waals surface area contributed by atoms with Gasteiger partial charge in [-0.1, -0.05) is 17.7 Å². The minimum atomic E-state index is -3.87. The van der Waals surface area contributed by atoms with Crippen LogP contribution in [0, 0.1) is 6.92 Å². The zero-order valence-corrected chi connectivity index (χ0v) is 13.7. The molecule has 7 heteroatoms. The van der Waals surface area contributed by atoms with Crippen LogP contribution in [0.5, 0.6) is 0 Å². The van der Waals surface area contributed by atoms with Crippen molar-refractivity contribution in [1.29, 1.82) is 0 Å². The van der Waals surface area contributed by atoms with E-state index in [1.165, 1.54) is 26.2 Å². The number of hydrogen-bond donors (Lipinski definition) is 0. The van der Waals surface area contributed by atoms with Crippen molar-refractivity contribution >= 4 is 10.1 Å². The van der Waals surface area contributed by atoms with Gasteiger partial charge in [0.2, 0.25) is 0 Å². The van der Waals surface area contributed by atoms with Crippen LogP contribution in [0.15, 0.2) is 29.2 Å². The van der Waals surface area contributed by atoms with Gasteiger partial charge in [-0.2, -0.15) is 8.42 Å². The molecule has 0 fully saturated rings. The molecular formula is C14H22O6S. The molecule has 21 heavy (non-hydrogen) atoms.